The first kappa shape index (κ1) is 14.1. The van der Waals surface area contributed by atoms with Crippen LogP contribution < -0.4 is 0 Å². The van der Waals surface area contributed by atoms with Crippen molar-refractivity contribution >= 4 is 28.3 Å². The fourth-order valence-electron chi connectivity index (χ4n) is 2.21. The summed E-state index contributed by atoms with van der Waals surface area (Å²) in [6, 6.07) is 12.2. The zero-order valence-electron chi connectivity index (χ0n) is 11.8. The Morgan fingerprint density at radius 2 is 1.79 bits per heavy atom. The third kappa shape index (κ3) is 3.38. The maximum atomic E-state index is 12.3. The molecule has 0 aliphatic rings. The van der Waals surface area contributed by atoms with Crippen molar-refractivity contribution in [3.05, 3.63) is 47.5 Å². The van der Waals surface area contributed by atoms with Gasteiger partial charge in [-0.05, 0) is 28.5 Å². The first-order chi connectivity index (χ1) is 9.09. The van der Waals surface area contributed by atoms with E-state index in [1.807, 2.05) is 42.1 Å². The molecule has 0 aliphatic heterocycles. The number of rotatable bonds is 5. The molecule has 2 heteroatoms. The topological polar surface area (TPSA) is 17.1 Å². The van der Waals surface area contributed by atoms with Crippen molar-refractivity contribution in [2.24, 2.45) is 0 Å². The van der Waals surface area contributed by atoms with E-state index in [0.717, 1.165) is 16.7 Å². The van der Waals surface area contributed by atoms with Crippen LogP contribution in [-0.2, 0) is 0 Å². The van der Waals surface area contributed by atoms with Gasteiger partial charge in [-0.1, -0.05) is 50.2 Å². The van der Waals surface area contributed by atoms with Crippen LogP contribution in [0, 0.1) is 6.92 Å². The summed E-state index contributed by atoms with van der Waals surface area (Å²) in [7, 11) is 0. The lowest BCUT2D eigenvalue weighted by Crippen LogP contribution is -2.03. The highest BCUT2D eigenvalue weighted by atomic mass is 32.2. The number of fused-ring (bicyclic) bond motifs is 1. The van der Waals surface area contributed by atoms with E-state index < -0.39 is 0 Å². The van der Waals surface area contributed by atoms with Crippen molar-refractivity contribution in [2.75, 3.05) is 5.75 Å². The normalized spacial score (nSPS) is 11.2. The minimum Gasteiger partial charge on any atom is -0.294 e. The molecular formula is C17H20OS. The number of carbonyl (C=O) groups excluding carboxylic acids is 1. The van der Waals surface area contributed by atoms with Crippen molar-refractivity contribution in [1.82, 2.24) is 0 Å². The van der Waals surface area contributed by atoms with E-state index in [1.54, 1.807) is 0 Å². The van der Waals surface area contributed by atoms with Crippen molar-refractivity contribution in [3.63, 3.8) is 0 Å². The molecule has 0 aromatic heterocycles. The zero-order valence-corrected chi connectivity index (χ0v) is 12.6. The molecule has 2 rings (SSSR count). The first-order valence-corrected chi connectivity index (χ1v) is 7.77. The molecule has 2 aromatic rings. The number of aryl methyl sites for hydroxylation is 1. The largest absolute Gasteiger partial charge is 0.294 e. The summed E-state index contributed by atoms with van der Waals surface area (Å²) in [4.78, 5) is 12.3. The van der Waals surface area contributed by atoms with Crippen LogP contribution in [0.3, 0.4) is 0 Å². The predicted molar refractivity (Wildman–Crippen MR) is 85.2 cm³/mol. The lowest BCUT2D eigenvalue weighted by Gasteiger charge is -2.09. The molecule has 2 aromatic carbocycles. The Bertz CT molecular complexity index is 587. The van der Waals surface area contributed by atoms with E-state index in [0.29, 0.717) is 11.7 Å². The van der Waals surface area contributed by atoms with Gasteiger partial charge in [0.15, 0.2) is 5.78 Å². The quantitative estimate of drug-likeness (QED) is 0.723. The Morgan fingerprint density at radius 3 is 2.47 bits per heavy atom. The molecule has 0 amide bonds. The SMILES string of the molecule is Cc1ccc(C(=O)CCSC(C)C)c2ccccc12. The van der Waals surface area contributed by atoms with Gasteiger partial charge in [-0.15, -0.1) is 0 Å². The predicted octanol–water partition coefficient (Wildman–Crippen LogP) is 4.86. The molecule has 0 unspecified atom stereocenters. The van der Waals surface area contributed by atoms with Gasteiger partial charge in [0.2, 0.25) is 0 Å². The van der Waals surface area contributed by atoms with Crippen LogP contribution in [0.25, 0.3) is 10.8 Å². The van der Waals surface area contributed by atoms with Crippen molar-refractivity contribution < 1.29 is 4.79 Å². The second-order valence-corrected chi connectivity index (χ2v) is 6.75. The number of hydrogen-bond donors (Lipinski definition) is 0. The number of thioether (sulfide) groups is 1. The molecule has 0 saturated heterocycles. The third-order valence-electron chi connectivity index (χ3n) is 3.22. The van der Waals surface area contributed by atoms with E-state index in [4.69, 9.17) is 0 Å². The molecule has 19 heavy (non-hydrogen) atoms. The lowest BCUT2D eigenvalue weighted by molar-refractivity contribution is 0.0991. The van der Waals surface area contributed by atoms with E-state index in [9.17, 15) is 4.79 Å². The van der Waals surface area contributed by atoms with E-state index in [1.165, 1.54) is 10.9 Å². The van der Waals surface area contributed by atoms with Crippen molar-refractivity contribution in [1.29, 1.82) is 0 Å². The second-order valence-electron chi connectivity index (χ2n) is 5.07. The van der Waals surface area contributed by atoms with Crippen LogP contribution in [0.1, 0.15) is 36.2 Å². The number of carbonyl (C=O) groups is 1. The highest BCUT2D eigenvalue weighted by Gasteiger charge is 2.11. The van der Waals surface area contributed by atoms with E-state index in [2.05, 4.69) is 26.8 Å². The number of Topliss-reactive ketones (excluding diaryl/α,β-unsaturated/α-hetero) is 1. The standard InChI is InChI=1S/C17H20OS/c1-12(2)19-11-10-17(18)16-9-8-13(3)14-6-4-5-7-15(14)16/h4-9,12H,10-11H2,1-3H3. The van der Waals surface area contributed by atoms with Crippen LogP contribution in [0.4, 0.5) is 0 Å². The minimum atomic E-state index is 0.254. The first-order valence-electron chi connectivity index (χ1n) is 6.72. The van der Waals surface area contributed by atoms with Gasteiger partial charge < -0.3 is 0 Å². The molecule has 0 saturated carbocycles. The minimum absolute atomic E-state index is 0.254. The van der Waals surface area contributed by atoms with Crippen molar-refractivity contribution in [2.45, 2.75) is 32.4 Å². The Labute approximate surface area is 119 Å². The molecule has 0 radical (unpaired) electrons. The monoisotopic (exact) mass is 272 g/mol. The summed E-state index contributed by atoms with van der Waals surface area (Å²) in [5.74, 6) is 1.16. The van der Waals surface area contributed by atoms with Crippen molar-refractivity contribution in [3.8, 4) is 0 Å². The lowest BCUT2D eigenvalue weighted by atomic mass is 9.97. The van der Waals surface area contributed by atoms with Crippen LogP contribution in [0.2, 0.25) is 0 Å². The summed E-state index contributed by atoms with van der Waals surface area (Å²) in [5, 5.41) is 2.86. The summed E-state index contributed by atoms with van der Waals surface area (Å²) in [5.41, 5.74) is 2.09. The highest BCUT2D eigenvalue weighted by Crippen LogP contribution is 2.24. The van der Waals surface area contributed by atoms with Crippen LogP contribution in [0.5, 0.6) is 0 Å². The summed E-state index contributed by atoms with van der Waals surface area (Å²) in [6.45, 7) is 6.41. The third-order valence-corrected chi connectivity index (χ3v) is 4.33. The van der Waals surface area contributed by atoms with Gasteiger partial charge in [0.1, 0.15) is 0 Å². The Balaban J connectivity index is 2.25. The number of hydrogen-bond acceptors (Lipinski definition) is 2. The van der Waals surface area contributed by atoms with Gasteiger partial charge >= 0.3 is 0 Å². The maximum absolute atomic E-state index is 12.3. The van der Waals surface area contributed by atoms with Crippen LogP contribution in [0.15, 0.2) is 36.4 Å². The molecule has 0 N–H and O–H groups in total. The average Bonchev–Trinajstić information content (AvgIpc) is 2.39. The summed E-state index contributed by atoms with van der Waals surface area (Å²) in [6.07, 6.45) is 0.621. The number of benzene rings is 2. The molecular weight excluding hydrogens is 252 g/mol. The van der Waals surface area contributed by atoms with Gasteiger partial charge in [0.25, 0.3) is 0 Å². The molecule has 0 heterocycles. The van der Waals surface area contributed by atoms with Gasteiger partial charge in [-0.25, -0.2) is 0 Å². The van der Waals surface area contributed by atoms with Gasteiger partial charge in [0.05, 0.1) is 0 Å². The molecule has 0 aliphatic carbocycles. The molecule has 0 bridgehead atoms. The fraction of sp³-hybridized carbons (Fsp3) is 0.353. The molecule has 0 atom stereocenters. The second kappa shape index (κ2) is 6.25. The smallest absolute Gasteiger partial charge is 0.164 e. The number of ketones is 1. The van der Waals surface area contributed by atoms with E-state index >= 15 is 0 Å². The van der Waals surface area contributed by atoms with Crippen LogP contribution >= 0.6 is 11.8 Å². The van der Waals surface area contributed by atoms with E-state index in [-0.39, 0.29) is 5.78 Å². The molecule has 1 nitrogen and oxygen atoms in total. The maximum Gasteiger partial charge on any atom is 0.164 e. The average molecular weight is 272 g/mol. The Hall–Kier alpha value is -1.28. The van der Waals surface area contributed by atoms with Gasteiger partial charge in [-0.2, -0.15) is 11.8 Å². The van der Waals surface area contributed by atoms with Gasteiger partial charge in [0, 0.05) is 17.7 Å². The molecule has 100 valence electrons. The molecule has 0 fully saturated rings. The Morgan fingerprint density at radius 1 is 1.11 bits per heavy atom. The summed E-state index contributed by atoms with van der Waals surface area (Å²) >= 11 is 1.84. The highest BCUT2D eigenvalue weighted by molar-refractivity contribution is 7.99. The van der Waals surface area contributed by atoms with Crippen LogP contribution in [-0.4, -0.2) is 16.8 Å². The Kier molecular flexibility index (Phi) is 4.65. The fourth-order valence-corrected chi connectivity index (χ4v) is 2.99. The molecule has 0 spiro atoms. The summed E-state index contributed by atoms with van der Waals surface area (Å²) < 4.78 is 0. The van der Waals surface area contributed by atoms with Gasteiger partial charge in [-0.3, -0.25) is 4.79 Å². The zero-order chi connectivity index (χ0) is 13.8.